The standard InChI is InChI=1S/C10H19N3O5/c1-13(2)8(15)4-6-12-10(18)11-5-3-7(14)9(16)17/h7,14H,3-6H2,1-2H3,(H,16,17)(H2,11,12,18)/t7-/m0/s1. The van der Waals surface area contributed by atoms with E-state index < -0.39 is 18.1 Å². The number of carbonyl (C=O) groups is 3. The summed E-state index contributed by atoms with van der Waals surface area (Å²) in [6.45, 7) is 0.241. The summed E-state index contributed by atoms with van der Waals surface area (Å²) >= 11 is 0. The predicted octanol–water partition coefficient (Wildman–Crippen LogP) is -1.40. The van der Waals surface area contributed by atoms with E-state index >= 15 is 0 Å². The maximum absolute atomic E-state index is 11.2. The molecule has 18 heavy (non-hydrogen) atoms. The Labute approximate surface area is 105 Å². The van der Waals surface area contributed by atoms with E-state index in [0.717, 1.165) is 0 Å². The molecule has 8 heteroatoms. The van der Waals surface area contributed by atoms with Crippen LogP contribution in [0.25, 0.3) is 0 Å². The molecule has 4 N–H and O–H groups in total. The first kappa shape index (κ1) is 16.2. The molecule has 0 radical (unpaired) electrons. The summed E-state index contributed by atoms with van der Waals surface area (Å²) in [5.74, 6) is -1.43. The highest BCUT2D eigenvalue weighted by Crippen LogP contribution is 1.89. The monoisotopic (exact) mass is 261 g/mol. The van der Waals surface area contributed by atoms with Crippen LogP contribution >= 0.6 is 0 Å². The van der Waals surface area contributed by atoms with Crippen LogP contribution in [0.3, 0.4) is 0 Å². The molecule has 0 aliphatic rings. The SMILES string of the molecule is CN(C)C(=O)CCNC(=O)NCC[C@H](O)C(=O)O. The Balaban J connectivity index is 3.61. The Hall–Kier alpha value is -1.83. The van der Waals surface area contributed by atoms with Crippen molar-refractivity contribution in [1.82, 2.24) is 15.5 Å². The summed E-state index contributed by atoms with van der Waals surface area (Å²) in [5, 5.41) is 22.1. The number of carboxylic acids is 1. The molecule has 104 valence electrons. The number of aliphatic hydroxyl groups is 1. The second kappa shape index (κ2) is 8.29. The van der Waals surface area contributed by atoms with Crippen molar-refractivity contribution in [2.75, 3.05) is 27.2 Å². The molecule has 3 amide bonds. The van der Waals surface area contributed by atoms with Crippen LogP contribution in [-0.4, -0.2) is 66.3 Å². The highest BCUT2D eigenvalue weighted by molar-refractivity contribution is 5.78. The minimum absolute atomic E-state index is 0.0426. The van der Waals surface area contributed by atoms with Gasteiger partial charge in [-0.05, 0) is 0 Å². The van der Waals surface area contributed by atoms with E-state index in [1.807, 2.05) is 0 Å². The molecule has 0 unspecified atom stereocenters. The smallest absolute Gasteiger partial charge is 0.332 e. The quantitative estimate of drug-likeness (QED) is 0.449. The molecular formula is C10H19N3O5. The zero-order chi connectivity index (χ0) is 14.1. The minimum Gasteiger partial charge on any atom is -0.479 e. The van der Waals surface area contributed by atoms with Gasteiger partial charge in [-0.15, -0.1) is 0 Å². The molecule has 0 aromatic rings. The Morgan fingerprint density at radius 3 is 2.22 bits per heavy atom. The highest BCUT2D eigenvalue weighted by atomic mass is 16.4. The number of aliphatic hydroxyl groups excluding tert-OH is 1. The molecule has 0 saturated heterocycles. The molecule has 0 fully saturated rings. The fourth-order valence-electron chi connectivity index (χ4n) is 1.01. The Morgan fingerprint density at radius 1 is 1.17 bits per heavy atom. The Morgan fingerprint density at radius 2 is 1.72 bits per heavy atom. The van der Waals surface area contributed by atoms with Crippen molar-refractivity contribution in [2.45, 2.75) is 18.9 Å². The van der Waals surface area contributed by atoms with Crippen LogP contribution < -0.4 is 10.6 Å². The number of amides is 3. The number of aliphatic carboxylic acids is 1. The van der Waals surface area contributed by atoms with Gasteiger partial charge in [0.15, 0.2) is 6.10 Å². The number of hydrogen-bond donors (Lipinski definition) is 4. The van der Waals surface area contributed by atoms with Gasteiger partial charge in [0.05, 0.1) is 0 Å². The lowest BCUT2D eigenvalue weighted by Gasteiger charge is -2.11. The molecule has 0 heterocycles. The summed E-state index contributed by atoms with van der Waals surface area (Å²) in [4.78, 5) is 34.0. The molecule has 0 aromatic carbocycles. The highest BCUT2D eigenvalue weighted by Gasteiger charge is 2.12. The van der Waals surface area contributed by atoms with E-state index in [-0.39, 0.29) is 31.8 Å². The van der Waals surface area contributed by atoms with Crippen molar-refractivity contribution in [3.05, 3.63) is 0 Å². The van der Waals surface area contributed by atoms with Crippen LogP contribution in [0, 0.1) is 0 Å². The molecule has 0 saturated carbocycles. The van der Waals surface area contributed by atoms with Crippen molar-refractivity contribution in [2.24, 2.45) is 0 Å². The van der Waals surface area contributed by atoms with Gasteiger partial charge in [-0.1, -0.05) is 0 Å². The van der Waals surface area contributed by atoms with Crippen molar-refractivity contribution < 1.29 is 24.6 Å². The number of carbonyl (C=O) groups excluding carboxylic acids is 2. The van der Waals surface area contributed by atoms with E-state index in [1.54, 1.807) is 14.1 Å². The Kier molecular flexibility index (Phi) is 7.45. The fraction of sp³-hybridized carbons (Fsp3) is 0.700. The van der Waals surface area contributed by atoms with E-state index in [9.17, 15) is 14.4 Å². The summed E-state index contributed by atoms with van der Waals surface area (Å²) in [7, 11) is 3.24. The zero-order valence-electron chi connectivity index (χ0n) is 10.5. The van der Waals surface area contributed by atoms with E-state index in [4.69, 9.17) is 10.2 Å². The van der Waals surface area contributed by atoms with Crippen LogP contribution in [0.15, 0.2) is 0 Å². The van der Waals surface area contributed by atoms with Crippen LogP contribution in [0.4, 0.5) is 4.79 Å². The number of nitrogens with one attached hydrogen (secondary N) is 2. The third-order valence-corrected chi connectivity index (χ3v) is 2.11. The Bertz CT molecular complexity index is 306. The van der Waals surface area contributed by atoms with Crippen LogP contribution in [0.5, 0.6) is 0 Å². The van der Waals surface area contributed by atoms with Crippen LogP contribution in [-0.2, 0) is 9.59 Å². The first-order chi connectivity index (χ1) is 8.34. The maximum Gasteiger partial charge on any atom is 0.332 e. The number of hydrogen-bond acceptors (Lipinski definition) is 4. The van der Waals surface area contributed by atoms with Gasteiger partial charge in [0.25, 0.3) is 0 Å². The third kappa shape index (κ3) is 7.44. The first-order valence-electron chi connectivity index (χ1n) is 5.47. The van der Waals surface area contributed by atoms with Gasteiger partial charge < -0.3 is 25.7 Å². The van der Waals surface area contributed by atoms with E-state index in [2.05, 4.69) is 10.6 Å². The van der Waals surface area contributed by atoms with Crippen molar-refractivity contribution in [1.29, 1.82) is 0 Å². The lowest BCUT2D eigenvalue weighted by atomic mass is 10.2. The molecule has 0 aromatic heterocycles. The molecular weight excluding hydrogens is 242 g/mol. The summed E-state index contributed by atoms with van der Waals surface area (Å²) in [6.07, 6.45) is -1.36. The molecule has 0 aliphatic heterocycles. The van der Waals surface area contributed by atoms with Gasteiger partial charge in [-0.25, -0.2) is 9.59 Å². The molecule has 0 rings (SSSR count). The van der Waals surface area contributed by atoms with Crippen molar-refractivity contribution >= 4 is 17.9 Å². The molecule has 0 spiro atoms. The lowest BCUT2D eigenvalue weighted by Crippen LogP contribution is -2.39. The van der Waals surface area contributed by atoms with Gasteiger partial charge in [0.1, 0.15) is 0 Å². The fourth-order valence-corrected chi connectivity index (χ4v) is 1.01. The second-order valence-corrected chi connectivity index (χ2v) is 3.86. The molecule has 0 bridgehead atoms. The van der Waals surface area contributed by atoms with E-state index in [0.29, 0.717) is 0 Å². The van der Waals surface area contributed by atoms with E-state index in [1.165, 1.54) is 4.90 Å². The van der Waals surface area contributed by atoms with Gasteiger partial charge in [0, 0.05) is 40.0 Å². The van der Waals surface area contributed by atoms with Gasteiger partial charge in [-0.2, -0.15) is 0 Å². The molecule has 1 atom stereocenters. The zero-order valence-corrected chi connectivity index (χ0v) is 10.5. The largest absolute Gasteiger partial charge is 0.479 e. The average molecular weight is 261 g/mol. The third-order valence-electron chi connectivity index (χ3n) is 2.11. The number of rotatable bonds is 7. The van der Waals surface area contributed by atoms with Crippen molar-refractivity contribution in [3.63, 3.8) is 0 Å². The van der Waals surface area contributed by atoms with Gasteiger partial charge in [-0.3, -0.25) is 4.79 Å². The van der Waals surface area contributed by atoms with Crippen LogP contribution in [0.2, 0.25) is 0 Å². The maximum atomic E-state index is 11.2. The van der Waals surface area contributed by atoms with Crippen molar-refractivity contribution in [3.8, 4) is 0 Å². The summed E-state index contributed by atoms with van der Waals surface area (Å²) in [6, 6.07) is -0.501. The average Bonchev–Trinajstić information content (AvgIpc) is 2.28. The first-order valence-corrected chi connectivity index (χ1v) is 5.47. The molecule has 0 aliphatic carbocycles. The number of carboxylic acid groups (broad SMARTS) is 1. The van der Waals surface area contributed by atoms with Gasteiger partial charge in [0.2, 0.25) is 5.91 Å². The second-order valence-electron chi connectivity index (χ2n) is 3.86. The lowest BCUT2D eigenvalue weighted by molar-refractivity contribution is -0.146. The topological polar surface area (TPSA) is 119 Å². The number of urea groups is 1. The normalized spacial score (nSPS) is 11.5. The predicted molar refractivity (Wildman–Crippen MR) is 63.0 cm³/mol. The molecule has 8 nitrogen and oxygen atoms in total. The summed E-state index contributed by atoms with van der Waals surface area (Å²) < 4.78 is 0. The minimum atomic E-state index is -1.49. The van der Waals surface area contributed by atoms with Crippen LogP contribution in [0.1, 0.15) is 12.8 Å². The number of nitrogens with zero attached hydrogens (tertiary/aromatic N) is 1. The summed E-state index contributed by atoms with van der Waals surface area (Å²) in [5.41, 5.74) is 0. The van der Waals surface area contributed by atoms with Gasteiger partial charge >= 0.3 is 12.0 Å².